The second kappa shape index (κ2) is 6.96. The zero-order chi connectivity index (χ0) is 14.4. The van der Waals surface area contributed by atoms with E-state index in [4.69, 9.17) is 33.0 Å². The molecule has 0 fully saturated rings. The highest BCUT2D eigenvalue weighted by atomic mass is 35.5. The van der Waals surface area contributed by atoms with Gasteiger partial charge >= 0.3 is 5.97 Å². The van der Waals surface area contributed by atoms with Crippen molar-refractivity contribution in [1.82, 2.24) is 5.43 Å². The summed E-state index contributed by atoms with van der Waals surface area (Å²) in [7, 11) is 0. The smallest absolute Gasteiger partial charge is 0.351 e. The Morgan fingerprint density at radius 1 is 1.42 bits per heavy atom. The lowest BCUT2D eigenvalue weighted by Gasteiger charge is -2.07. The van der Waals surface area contributed by atoms with Crippen molar-refractivity contribution in [2.45, 2.75) is 6.92 Å². The molecule has 0 aliphatic carbocycles. The van der Waals surface area contributed by atoms with Crippen molar-refractivity contribution in [2.75, 3.05) is 6.61 Å². The van der Waals surface area contributed by atoms with E-state index in [1.807, 2.05) is 5.43 Å². The van der Waals surface area contributed by atoms with Crippen LogP contribution in [-0.2, 0) is 9.59 Å². The number of hydrazone groups is 1. The van der Waals surface area contributed by atoms with Crippen molar-refractivity contribution >= 4 is 40.8 Å². The molecular formula is C11H10Cl2N2O4. The molecule has 1 aromatic carbocycles. The molecule has 0 aliphatic rings. The van der Waals surface area contributed by atoms with Gasteiger partial charge < -0.3 is 9.84 Å². The zero-order valence-electron chi connectivity index (χ0n) is 9.81. The summed E-state index contributed by atoms with van der Waals surface area (Å²) in [5.41, 5.74) is 1.80. The second-order valence-electron chi connectivity index (χ2n) is 3.40. The fourth-order valence-corrected chi connectivity index (χ4v) is 1.42. The topological polar surface area (TPSA) is 88.0 Å². The monoisotopic (exact) mass is 304 g/mol. The van der Waals surface area contributed by atoms with E-state index < -0.39 is 11.9 Å². The standard InChI is InChI=1S/C11H10Cl2N2O4/c1-6(11(17)18)14-15-10(16)5-19-9-3-2-7(12)4-8(9)13/h2-4H,5H2,1H3,(H,15,16)(H,17,18). The van der Waals surface area contributed by atoms with Crippen LogP contribution in [-0.4, -0.2) is 29.3 Å². The zero-order valence-corrected chi connectivity index (χ0v) is 11.3. The third-order valence-electron chi connectivity index (χ3n) is 1.91. The number of carbonyl (C=O) groups excluding carboxylic acids is 1. The van der Waals surface area contributed by atoms with Crippen molar-refractivity contribution < 1.29 is 19.4 Å². The number of nitrogens with one attached hydrogen (secondary N) is 1. The van der Waals surface area contributed by atoms with E-state index in [1.54, 1.807) is 6.07 Å². The van der Waals surface area contributed by atoms with Crippen LogP contribution >= 0.6 is 23.2 Å². The fourth-order valence-electron chi connectivity index (χ4n) is 0.962. The molecule has 1 aromatic rings. The maximum atomic E-state index is 11.3. The van der Waals surface area contributed by atoms with Gasteiger partial charge in [0.25, 0.3) is 5.91 Å². The molecule has 1 rings (SSSR count). The average Bonchev–Trinajstić information content (AvgIpc) is 2.34. The minimum Gasteiger partial charge on any atom is -0.482 e. The Morgan fingerprint density at radius 2 is 2.11 bits per heavy atom. The lowest BCUT2D eigenvalue weighted by atomic mass is 10.3. The molecule has 0 saturated carbocycles. The van der Waals surface area contributed by atoms with Crippen LogP contribution in [0.1, 0.15) is 6.92 Å². The van der Waals surface area contributed by atoms with Crippen LogP contribution in [0.5, 0.6) is 5.75 Å². The molecule has 0 aromatic heterocycles. The largest absolute Gasteiger partial charge is 0.482 e. The van der Waals surface area contributed by atoms with Gasteiger partial charge in [0.15, 0.2) is 6.61 Å². The highest BCUT2D eigenvalue weighted by molar-refractivity contribution is 6.35. The predicted molar refractivity (Wildman–Crippen MR) is 70.8 cm³/mol. The number of carboxylic acids is 1. The van der Waals surface area contributed by atoms with Crippen LogP contribution < -0.4 is 10.2 Å². The van der Waals surface area contributed by atoms with Crippen molar-refractivity contribution in [3.05, 3.63) is 28.2 Å². The number of carbonyl (C=O) groups is 2. The van der Waals surface area contributed by atoms with E-state index in [2.05, 4.69) is 5.10 Å². The highest BCUT2D eigenvalue weighted by Gasteiger charge is 2.07. The summed E-state index contributed by atoms with van der Waals surface area (Å²) in [4.78, 5) is 21.7. The molecule has 8 heteroatoms. The van der Waals surface area contributed by atoms with Crippen molar-refractivity contribution in [3.63, 3.8) is 0 Å². The number of carboxylic acid groups (broad SMARTS) is 1. The molecule has 2 N–H and O–H groups in total. The summed E-state index contributed by atoms with van der Waals surface area (Å²) >= 11 is 11.5. The summed E-state index contributed by atoms with van der Waals surface area (Å²) in [6.45, 7) is 0.900. The molecule has 0 spiro atoms. The number of nitrogens with zero attached hydrogens (tertiary/aromatic N) is 1. The van der Waals surface area contributed by atoms with Gasteiger partial charge in [-0.15, -0.1) is 0 Å². The molecule has 0 aliphatic heterocycles. The molecule has 0 bridgehead atoms. The summed E-state index contributed by atoms with van der Waals surface area (Å²) in [5, 5.41) is 12.6. The molecule has 0 unspecified atom stereocenters. The maximum Gasteiger partial charge on any atom is 0.351 e. The van der Waals surface area contributed by atoms with Gasteiger partial charge in [-0.3, -0.25) is 4.79 Å². The van der Waals surface area contributed by atoms with E-state index in [0.29, 0.717) is 10.8 Å². The summed E-state index contributed by atoms with van der Waals surface area (Å²) < 4.78 is 5.13. The van der Waals surface area contributed by atoms with Crippen LogP contribution in [0.4, 0.5) is 0 Å². The maximum absolute atomic E-state index is 11.3. The first-order chi connectivity index (χ1) is 8.90. The van der Waals surface area contributed by atoms with Crippen molar-refractivity contribution in [2.24, 2.45) is 5.10 Å². The van der Waals surface area contributed by atoms with Crippen LogP contribution in [0.15, 0.2) is 23.3 Å². The lowest BCUT2D eigenvalue weighted by molar-refractivity contribution is -0.129. The first-order valence-corrected chi connectivity index (χ1v) is 5.80. The Kier molecular flexibility index (Phi) is 5.59. The van der Waals surface area contributed by atoms with Gasteiger partial charge in [-0.05, 0) is 25.1 Å². The van der Waals surface area contributed by atoms with Crippen LogP contribution in [0, 0.1) is 0 Å². The molecule has 0 atom stereocenters. The van der Waals surface area contributed by atoms with Gasteiger partial charge in [0.05, 0.1) is 5.02 Å². The normalized spacial score (nSPS) is 11.0. The molecule has 6 nitrogen and oxygen atoms in total. The van der Waals surface area contributed by atoms with Crippen molar-refractivity contribution in [1.29, 1.82) is 0 Å². The Labute approximate surface area is 119 Å². The average molecular weight is 305 g/mol. The third kappa shape index (κ3) is 5.15. The van der Waals surface area contributed by atoms with Gasteiger partial charge in [-0.1, -0.05) is 23.2 Å². The van der Waals surface area contributed by atoms with Crippen LogP contribution in [0.25, 0.3) is 0 Å². The minimum atomic E-state index is -1.22. The van der Waals surface area contributed by atoms with E-state index in [1.165, 1.54) is 19.1 Å². The van der Waals surface area contributed by atoms with Gasteiger partial charge in [0.2, 0.25) is 0 Å². The number of ether oxygens (including phenoxy) is 1. The SMILES string of the molecule is CC(=NNC(=O)COc1ccc(Cl)cc1Cl)C(=O)O. The van der Waals surface area contributed by atoms with Crippen molar-refractivity contribution in [3.8, 4) is 5.75 Å². The number of halogens is 2. The number of hydrogen-bond donors (Lipinski definition) is 2. The van der Waals surface area contributed by atoms with E-state index in [9.17, 15) is 9.59 Å². The predicted octanol–water partition coefficient (Wildman–Crippen LogP) is 1.95. The van der Waals surface area contributed by atoms with Crippen LogP contribution in [0.3, 0.4) is 0 Å². The number of hydrogen-bond acceptors (Lipinski definition) is 4. The number of rotatable bonds is 5. The van der Waals surface area contributed by atoms with Gasteiger partial charge in [0.1, 0.15) is 11.5 Å². The van der Waals surface area contributed by atoms with E-state index in [0.717, 1.165) is 0 Å². The van der Waals surface area contributed by atoms with Gasteiger partial charge in [0, 0.05) is 5.02 Å². The van der Waals surface area contributed by atoms with E-state index >= 15 is 0 Å². The lowest BCUT2D eigenvalue weighted by Crippen LogP contribution is -2.26. The molecule has 1 amide bonds. The summed E-state index contributed by atoms with van der Waals surface area (Å²) in [6, 6.07) is 4.56. The molecule has 102 valence electrons. The number of amides is 1. The molecule has 0 saturated heterocycles. The number of benzene rings is 1. The quantitative estimate of drug-likeness (QED) is 0.643. The first-order valence-electron chi connectivity index (χ1n) is 5.04. The first kappa shape index (κ1) is 15.3. The third-order valence-corrected chi connectivity index (χ3v) is 2.44. The second-order valence-corrected chi connectivity index (χ2v) is 4.24. The Hall–Kier alpha value is -1.79. The molecular weight excluding hydrogens is 295 g/mol. The fraction of sp³-hybridized carbons (Fsp3) is 0.182. The molecule has 0 heterocycles. The minimum absolute atomic E-state index is 0.238. The summed E-state index contributed by atoms with van der Waals surface area (Å²) in [5.74, 6) is -1.53. The van der Waals surface area contributed by atoms with Gasteiger partial charge in [-0.25, -0.2) is 10.2 Å². The van der Waals surface area contributed by atoms with Crippen LogP contribution in [0.2, 0.25) is 10.0 Å². The van der Waals surface area contributed by atoms with Gasteiger partial charge in [-0.2, -0.15) is 5.10 Å². The highest BCUT2D eigenvalue weighted by Crippen LogP contribution is 2.27. The Balaban J connectivity index is 2.51. The molecule has 19 heavy (non-hydrogen) atoms. The molecule has 0 radical (unpaired) electrons. The Bertz CT molecular complexity index is 531. The van der Waals surface area contributed by atoms with E-state index in [-0.39, 0.29) is 17.3 Å². The summed E-state index contributed by atoms with van der Waals surface area (Å²) in [6.07, 6.45) is 0. The number of aliphatic carboxylic acids is 1. The Morgan fingerprint density at radius 3 is 2.68 bits per heavy atom.